The van der Waals surface area contributed by atoms with Crippen LogP contribution in [0.15, 0.2) is 48.5 Å². The van der Waals surface area contributed by atoms with Crippen molar-refractivity contribution in [2.75, 3.05) is 0 Å². The van der Waals surface area contributed by atoms with E-state index in [1.54, 1.807) is 0 Å². The molecule has 0 radical (unpaired) electrons. The molecule has 0 aliphatic heterocycles. The fourth-order valence-electron chi connectivity index (χ4n) is 1.75. The molecule has 0 atom stereocenters. The first-order valence-corrected chi connectivity index (χ1v) is 6.92. The molecule has 0 amide bonds. The quantitative estimate of drug-likeness (QED) is 0.750. The Morgan fingerprint density at radius 2 is 1.35 bits per heavy atom. The lowest BCUT2D eigenvalue weighted by Crippen LogP contribution is -1.95. The third kappa shape index (κ3) is 2.80. The van der Waals surface area contributed by atoms with Crippen molar-refractivity contribution in [2.24, 2.45) is 0 Å². The summed E-state index contributed by atoms with van der Waals surface area (Å²) < 4.78 is 7.00. The lowest BCUT2D eigenvalue weighted by Gasteiger charge is -2.06. The summed E-state index contributed by atoms with van der Waals surface area (Å²) in [6.07, 6.45) is 2.89. The van der Waals surface area contributed by atoms with Crippen LogP contribution in [0.25, 0.3) is 11.1 Å². The van der Waals surface area contributed by atoms with Gasteiger partial charge in [-0.15, -0.1) is 0 Å². The van der Waals surface area contributed by atoms with Crippen LogP contribution in [0.1, 0.15) is 12.8 Å². The predicted molar refractivity (Wildman–Crippen MR) is 78.2 cm³/mol. The molecule has 3 rings (SSSR count). The summed E-state index contributed by atoms with van der Waals surface area (Å²) in [6.45, 7) is 0. The average Bonchev–Trinajstić information content (AvgIpc) is 3.15. The van der Waals surface area contributed by atoms with Crippen LogP contribution in [0.5, 0.6) is 5.75 Å². The van der Waals surface area contributed by atoms with E-state index in [0.29, 0.717) is 6.10 Å². The zero-order valence-electron chi connectivity index (χ0n) is 9.40. The molecule has 1 nitrogen and oxygen atoms in total. The molecule has 86 valence electrons. The van der Waals surface area contributed by atoms with Gasteiger partial charge in [0.25, 0.3) is 0 Å². The Hall–Kier alpha value is -1.03. The number of rotatable bonds is 3. The van der Waals surface area contributed by atoms with Gasteiger partial charge in [0.05, 0.1) is 6.10 Å². The standard InChI is InChI=1S/C15H13IO/c16-13-5-1-11(2-6-13)12-3-7-14(8-4-12)17-15-9-10-15/h1-8,15H,9-10H2. The van der Waals surface area contributed by atoms with Gasteiger partial charge in [-0.3, -0.25) is 0 Å². The summed E-state index contributed by atoms with van der Waals surface area (Å²) in [6, 6.07) is 16.9. The molecule has 2 heteroatoms. The summed E-state index contributed by atoms with van der Waals surface area (Å²) in [5, 5.41) is 0. The Balaban J connectivity index is 1.80. The summed E-state index contributed by atoms with van der Waals surface area (Å²) in [7, 11) is 0. The van der Waals surface area contributed by atoms with E-state index >= 15 is 0 Å². The van der Waals surface area contributed by atoms with Crippen LogP contribution in [0.2, 0.25) is 0 Å². The molecule has 1 saturated carbocycles. The van der Waals surface area contributed by atoms with Crippen molar-refractivity contribution in [3.05, 3.63) is 52.1 Å². The molecule has 1 aliphatic carbocycles. The van der Waals surface area contributed by atoms with Crippen LogP contribution in [-0.4, -0.2) is 6.10 Å². The second kappa shape index (κ2) is 4.69. The molecule has 0 bridgehead atoms. The Labute approximate surface area is 115 Å². The lowest BCUT2D eigenvalue weighted by molar-refractivity contribution is 0.303. The van der Waals surface area contributed by atoms with E-state index in [1.807, 2.05) is 0 Å². The number of hydrogen-bond acceptors (Lipinski definition) is 1. The van der Waals surface area contributed by atoms with E-state index in [0.717, 1.165) is 5.75 Å². The highest BCUT2D eigenvalue weighted by Crippen LogP contribution is 2.28. The minimum Gasteiger partial charge on any atom is -0.490 e. The molecular weight excluding hydrogens is 323 g/mol. The second-order valence-corrected chi connectivity index (χ2v) is 5.59. The van der Waals surface area contributed by atoms with E-state index in [2.05, 4.69) is 71.1 Å². The minimum absolute atomic E-state index is 0.471. The van der Waals surface area contributed by atoms with Crippen molar-refractivity contribution < 1.29 is 4.74 Å². The predicted octanol–water partition coefficient (Wildman–Crippen LogP) is 4.50. The normalized spacial score (nSPS) is 14.6. The van der Waals surface area contributed by atoms with Crippen LogP contribution in [0.3, 0.4) is 0 Å². The van der Waals surface area contributed by atoms with Crippen molar-refractivity contribution in [3.63, 3.8) is 0 Å². The van der Waals surface area contributed by atoms with Crippen LogP contribution < -0.4 is 4.74 Å². The maximum absolute atomic E-state index is 5.73. The number of hydrogen-bond donors (Lipinski definition) is 0. The van der Waals surface area contributed by atoms with E-state index in [9.17, 15) is 0 Å². The molecule has 0 heterocycles. The van der Waals surface area contributed by atoms with Crippen molar-refractivity contribution in [2.45, 2.75) is 18.9 Å². The fraction of sp³-hybridized carbons (Fsp3) is 0.200. The van der Waals surface area contributed by atoms with Gasteiger partial charge >= 0.3 is 0 Å². The molecular formula is C15H13IO. The van der Waals surface area contributed by atoms with Gasteiger partial charge in [-0.2, -0.15) is 0 Å². The van der Waals surface area contributed by atoms with Gasteiger partial charge < -0.3 is 4.74 Å². The van der Waals surface area contributed by atoms with Crippen LogP contribution in [0, 0.1) is 3.57 Å². The molecule has 1 aliphatic rings. The summed E-state index contributed by atoms with van der Waals surface area (Å²) in [5.41, 5.74) is 2.49. The number of halogens is 1. The van der Waals surface area contributed by atoms with Gasteiger partial charge in [-0.25, -0.2) is 0 Å². The van der Waals surface area contributed by atoms with E-state index in [4.69, 9.17) is 4.74 Å². The van der Waals surface area contributed by atoms with Crippen LogP contribution in [-0.2, 0) is 0 Å². The highest BCUT2D eigenvalue weighted by molar-refractivity contribution is 14.1. The largest absolute Gasteiger partial charge is 0.490 e. The third-order valence-corrected chi connectivity index (χ3v) is 3.58. The van der Waals surface area contributed by atoms with Crippen molar-refractivity contribution in [3.8, 4) is 16.9 Å². The second-order valence-electron chi connectivity index (χ2n) is 4.35. The minimum atomic E-state index is 0.471. The van der Waals surface area contributed by atoms with Crippen molar-refractivity contribution in [1.29, 1.82) is 0 Å². The highest BCUT2D eigenvalue weighted by Gasteiger charge is 2.23. The monoisotopic (exact) mass is 336 g/mol. The maximum atomic E-state index is 5.73. The van der Waals surface area contributed by atoms with E-state index in [1.165, 1.54) is 27.5 Å². The number of benzene rings is 2. The smallest absolute Gasteiger partial charge is 0.119 e. The number of ether oxygens (including phenoxy) is 1. The molecule has 0 spiro atoms. The van der Waals surface area contributed by atoms with Crippen LogP contribution >= 0.6 is 22.6 Å². The molecule has 0 unspecified atom stereocenters. The summed E-state index contributed by atoms with van der Waals surface area (Å²) >= 11 is 2.32. The maximum Gasteiger partial charge on any atom is 0.119 e. The summed E-state index contributed by atoms with van der Waals surface area (Å²) in [4.78, 5) is 0. The van der Waals surface area contributed by atoms with Gasteiger partial charge in [0.1, 0.15) is 5.75 Å². The van der Waals surface area contributed by atoms with Gasteiger partial charge in [-0.1, -0.05) is 24.3 Å². The first-order chi connectivity index (χ1) is 8.31. The van der Waals surface area contributed by atoms with Crippen LogP contribution in [0.4, 0.5) is 0 Å². The van der Waals surface area contributed by atoms with E-state index < -0.39 is 0 Å². The summed E-state index contributed by atoms with van der Waals surface area (Å²) in [5.74, 6) is 0.988. The fourth-order valence-corrected chi connectivity index (χ4v) is 2.11. The Morgan fingerprint density at radius 3 is 1.88 bits per heavy atom. The van der Waals surface area contributed by atoms with Gasteiger partial charge in [-0.05, 0) is 70.8 Å². The molecule has 2 aromatic rings. The molecule has 1 fully saturated rings. The zero-order valence-corrected chi connectivity index (χ0v) is 11.6. The molecule has 2 aromatic carbocycles. The molecule has 17 heavy (non-hydrogen) atoms. The van der Waals surface area contributed by atoms with Gasteiger partial charge in [0.15, 0.2) is 0 Å². The zero-order chi connectivity index (χ0) is 11.7. The molecule has 0 saturated heterocycles. The first-order valence-electron chi connectivity index (χ1n) is 5.84. The van der Waals surface area contributed by atoms with Gasteiger partial charge in [0, 0.05) is 3.57 Å². The Bertz CT molecular complexity index is 497. The topological polar surface area (TPSA) is 9.23 Å². The Kier molecular flexibility index (Phi) is 3.05. The van der Waals surface area contributed by atoms with Crippen molar-refractivity contribution in [1.82, 2.24) is 0 Å². The van der Waals surface area contributed by atoms with Crippen molar-refractivity contribution >= 4 is 22.6 Å². The highest BCUT2D eigenvalue weighted by atomic mass is 127. The van der Waals surface area contributed by atoms with E-state index in [-0.39, 0.29) is 0 Å². The lowest BCUT2D eigenvalue weighted by atomic mass is 10.1. The van der Waals surface area contributed by atoms with Gasteiger partial charge in [0.2, 0.25) is 0 Å². The third-order valence-electron chi connectivity index (χ3n) is 2.86. The first kappa shape index (κ1) is 11.1. The molecule has 0 aromatic heterocycles. The average molecular weight is 336 g/mol. The SMILES string of the molecule is Ic1ccc(-c2ccc(OC3CC3)cc2)cc1. The molecule has 0 N–H and O–H groups in total. The Morgan fingerprint density at radius 1 is 0.824 bits per heavy atom.